The highest BCUT2D eigenvalue weighted by atomic mass is 17.0. The molecule has 6 fully saturated rings. The Morgan fingerprint density at radius 3 is 2.13 bits per heavy atom. The van der Waals surface area contributed by atoms with Crippen molar-refractivity contribution in [2.24, 2.45) is 28.1 Å². The van der Waals surface area contributed by atoms with Gasteiger partial charge in [0.1, 0.15) is 23.9 Å². The smallest absolute Gasteiger partial charge is 0.335 e. The van der Waals surface area contributed by atoms with Crippen molar-refractivity contribution in [2.45, 2.75) is 127 Å². The summed E-state index contributed by atoms with van der Waals surface area (Å²) in [5, 5.41) is 39.2. The van der Waals surface area contributed by atoms with E-state index in [1.165, 1.54) is 32.4 Å². The maximum atomic E-state index is 13.9. The van der Waals surface area contributed by atoms with Gasteiger partial charge in [-0.15, -0.1) is 0 Å². The first kappa shape index (κ1) is 37.1. The van der Waals surface area contributed by atoms with Crippen LogP contribution >= 0.6 is 0 Å². The number of rotatable bonds is 7. The number of cyclic esters (lactones) is 1. The molecular formula is C37H44O17. The van der Waals surface area contributed by atoms with E-state index < -0.39 is 129 Å². The molecule has 4 aliphatic carbocycles. The van der Waals surface area contributed by atoms with Crippen LogP contribution in [-0.2, 0) is 61.9 Å². The third-order valence-corrected chi connectivity index (χ3v) is 13.9. The van der Waals surface area contributed by atoms with E-state index in [2.05, 4.69) is 0 Å². The number of ether oxygens (including phenoxy) is 8. The summed E-state index contributed by atoms with van der Waals surface area (Å²) in [5.74, 6) is -9.15. The zero-order chi connectivity index (χ0) is 39.6. The van der Waals surface area contributed by atoms with Crippen molar-refractivity contribution in [1.82, 2.24) is 0 Å². The van der Waals surface area contributed by atoms with E-state index in [1.54, 1.807) is 20.8 Å². The Bertz CT molecular complexity index is 1910. The second-order valence-corrected chi connectivity index (χ2v) is 16.7. The molecule has 7 aliphatic rings. The standard InChI is InChI=1S/C37H44O17/c1-15(2)37-52-29-34(45)28(50-18(5)40)30(6)14-33(34,44)32(8,23(30)22(42)27(43)46-9)36(54-37)26(49-17(4)39)25(48-16(3)38)31(7)20(35(29,36)53-37)12-21(41)51-24(31)19-10-11-47-13-19/h10-13,15,22-26,28-29,42,44-45H,14H2,1-9H3/t22-,23-,24-,25-,26+,28-,29+,30-,31+,32+,33+,34-,35+,36-,37?/m0/s1. The van der Waals surface area contributed by atoms with Crippen molar-refractivity contribution >= 4 is 29.8 Å². The van der Waals surface area contributed by atoms with Gasteiger partial charge in [0, 0.05) is 55.1 Å². The van der Waals surface area contributed by atoms with Crippen LogP contribution in [0.4, 0.5) is 0 Å². The van der Waals surface area contributed by atoms with Gasteiger partial charge in [0.25, 0.3) is 5.97 Å². The SMILES string of the molecule is COC(=O)[C@@H](O)[C@H]1[C@]2(C)C[C@]3(O)[C@@](O)([C@H]4OC5(C(C)C)O[C@@]6([C@H](OC(C)=O)[C@H](OC(C)=O)[C@]7(C)C(=CC(=O)O[C@H]7c7ccoc7)[C@@]46O5)[C@]13C)[C@H]2OC(C)=O. The minimum atomic E-state index is -2.65. The minimum Gasteiger partial charge on any atom is -0.472 e. The Morgan fingerprint density at radius 1 is 0.944 bits per heavy atom. The van der Waals surface area contributed by atoms with Crippen molar-refractivity contribution in [3.05, 3.63) is 35.8 Å². The molecule has 1 spiro atoms. The summed E-state index contributed by atoms with van der Waals surface area (Å²) in [6.07, 6.45) is -7.05. The van der Waals surface area contributed by atoms with Crippen LogP contribution in [0.2, 0.25) is 0 Å². The predicted octanol–water partition coefficient (Wildman–Crippen LogP) is 0.908. The number of methoxy groups -OCH3 is 1. The maximum Gasteiger partial charge on any atom is 0.335 e. The van der Waals surface area contributed by atoms with Crippen LogP contribution in [0.5, 0.6) is 0 Å². The number of carbonyl (C=O) groups excluding carboxylic acids is 5. The van der Waals surface area contributed by atoms with Crippen LogP contribution in [0.15, 0.2) is 34.7 Å². The Morgan fingerprint density at radius 2 is 1.57 bits per heavy atom. The van der Waals surface area contributed by atoms with E-state index in [0.29, 0.717) is 5.56 Å². The van der Waals surface area contributed by atoms with Crippen LogP contribution in [0.3, 0.4) is 0 Å². The fourth-order valence-corrected chi connectivity index (χ4v) is 12.4. The molecule has 17 heteroatoms. The Labute approximate surface area is 309 Å². The first-order chi connectivity index (χ1) is 25.0. The molecule has 15 atom stereocenters. The van der Waals surface area contributed by atoms with Gasteiger partial charge in [-0.3, -0.25) is 14.4 Å². The Hall–Kier alpha value is -3.87. The fourth-order valence-electron chi connectivity index (χ4n) is 12.4. The molecule has 0 radical (unpaired) electrons. The van der Waals surface area contributed by atoms with E-state index in [0.717, 1.165) is 34.0 Å². The first-order valence-corrected chi connectivity index (χ1v) is 17.8. The lowest BCUT2D eigenvalue weighted by atomic mass is 9.33. The molecule has 8 rings (SSSR count). The second-order valence-electron chi connectivity index (χ2n) is 16.7. The van der Waals surface area contributed by atoms with E-state index in [9.17, 15) is 39.3 Å². The third kappa shape index (κ3) is 3.61. The van der Waals surface area contributed by atoms with Gasteiger partial charge < -0.3 is 57.6 Å². The number of esters is 5. The van der Waals surface area contributed by atoms with E-state index in [1.807, 2.05) is 0 Å². The van der Waals surface area contributed by atoms with Crippen LogP contribution in [0, 0.1) is 28.1 Å². The van der Waals surface area contributed by atoms with Gasteiger partial charge in [-0.25, -0.2) is 9.59 Å². The topological polar surface area (TPSA) is 233 Å². The molecule has 54 heavy (non-hydrogen) atoms. The highest BCUT2D eigenvalue weighted by Crippen LogP contribution is 2.88. The lowest BCUT2D eigenvalue weighted by molar-refractivity contribution is -0.470. The normalized spacial score (nSPS) is 49.4. The molecule has 1 unspecified atom stereocenters. The van der Waals surface area contributed by atoms with Gasteiger partial charge >= 0.3 is 29.8 Å². The van der Waals surface area contributed by atoms with Crippen molar-refractivity contribution in [3.63, 3.8) is 0 Å². The average Bonchev–Trinajstić information content (AvgIpc) is 3.87. The molecule has 3 N–H and O–H groups in total. The van der Waals surface area contributed by atoms with E-state index >= 15 is 0 Å². The van der Waals surface area contributed by atoms with Crippen molar-refractivity contribution in [1.29, 1.82) is 0 Å². The number of hydrogen-bond donors (Lipinski definition) is 3. The van der Waals surface area contributed by atoms with Gasteiger partial charge in [0.15, 0.2) is 35.1 Å². The summed E-state index contributed by atoms with van der Waals surface area (Å²) in [6, 6.07) is 1.53. The van der Waals surface area contributed by atoms with Gasteiger partial charge in [0.05, 0.1) is 25.1 Å². The zero-order valence-corrected chi connectivity index (χ0v) is 31.2. The van der Waals surface area contributed by atoms with E-state index in [-0.39, 0.29) is 5.57 Å². The van der Waals surface area contributed by atoms with Crippen LogP contribution < -0.4 is 0 Å². The number of aliphatic hydroxyl groups is 3. The first-order valence-electron chi connectivity index (χ1n) is 17.8. The third-order valence-electron chi connectivity index (χ3n) is 13.9. The number of fused-ring (bicyclic) bond motifs is 4. The molecule has 0 amide bonds. The number of hydrogen-bond acceptors (Lipinski definition) is 17. The number of aliphatic hydroxyl groups excluding tert-OH is 1. The van der Waals surface area contributed by atoms with Crippen LogP contribution in [0.1, 0.15) is 73.5 Å². The summed E-state index contributed by atoms with van der Waals surface area (Å²) in [6.45, 7) is 11.2. The summed E-state index contributed by atoms with van der Waals surface area (Å²) >= 11 is 0. The minimum absolute atomic E-state index is 0.0118. The zero-order valence-electron chi connectivity index (χ0n) is 31.2. The van der Waals surface area contributed by atoms with Crippen LogP contribution in [-0.4, -0.2) is 111 Å². The van der Waals surface area contributed by atoms with Gasteiger partial charge in [0.2, 0.25) is 0 Å². The van der Waals surface area contributed by atoms with Crippen molar-refractivity contribution in [3.8, 4) is 0 Å². The summed E-state index contributed by atoms with van der Waals surface area (Å²) in [4.78, 5) is 67.1. The second kappa shape index (κ2) is 10.7. The predicted molar refractivity (Wildman–Crippen MR) is 173 cm³/mol. The largest absolute Gasteiger partial charge is 0.472 e. The maximum absolute atomic E-state index is 13.9. The lowest BCUT2D eigenvalue weighted by Gasteiger charge is -2.77. The van der Waals surface area contributed by atoms with Gasteiger partial charge in [-0.05, 0) is 25.0 Å². The highest BCUT2D eigenvalue weighted by Gasteiger charge is 3.05. The molecule has 17 nitrogen and oxygen atoms in total. The summed E-state index contributed by atoms with van der Waals surface area (Å²) < 4.78 is 55.7. The Balaban J connectivity index is 1.57. The van der Waals surface area contributed by atoms with E-state index in [4.69, 9.17) is 42.3 Å². The average molecular weight is 761 g/mol. The Kier molecular flexibility index (Phi) is 7.35. The molecule has 4 bridgehead atoms. The molecule has 3 aliphatic heterocycles. The molecule has 0 aromatic carbocycles. The number of carbonyl (C=O) groups is 5. The van der Waals surface area contributed by atoms with Crippen molar-refractivity contribution in [2.75, 3.05) is 7.11 Å². The van der Waals surface area contributed by atoms with Crippen molar-refractivity contribution < 1.29 is 81.6 Å². The molecule has 1 aromatic rings. The molecular weight excluding hydrogens is 716 g/mol. The molecule has 294 valence electrons. The lowest BCUT2D eigenvalue weighted by Crippen LogP contribution is -2.96. The van der Waals surface area contributed by atoms with Gasteiger partial charge in [-0.1, -0.05) is 27.7 Å². The molecule has 2 saturated heterocycles. The molecule has 4 saturated carbocycles. The highest BCUT2D eigenvalue weighted by molar-refractivity contribution is 5.86. The molecule has 1 aromatic heterocycles. The van der Waals surface area contributed by atoms with Gasteiger partial charge in [-0.2, -0.15) is 0 Å². The fraction of sp³-hybridized carbons (Fsp3) is 0.703. The summed E-state index contributed by atoms with van der Waals surface area (Å²) in [5.41, 5.74) is -15.2. The monoisotopic (exact) mass is 760 g/mol. The molecule has 4 heterocycles. The van der Waals surface area contributed by atoms with Crippen LogP contribution in [0.25, 0.3) is 0 Å². The number of furan rings is 1. The quantitative estimate of drug-likeness (QED) is 0.259. The summed E-state index contributed by atoms with van der Waals surface area (Å²) in [7, 11) is 1.05.